The summed E-state index contributed by atoms with van der Waals surface area (Å²) in [6, 6.07) is 1.64. The van der Waals surface area contributed by atoms with E-state index in [1.165, 1.54) is 0 Å². The average molecular weight is 498 g/mol. The van der Waals surface area contributed by atoms with Gasteiger partial charge in [0.05, 0.1) is 23.3 Å². The summed E-state index contributed by atoms with van der Waals surface area (Å²) in [6.07, 6.45) is 3.71. The third-order valence-corrected chi connectivity index (χ3v) is 5.71. The van der Waals surface area contributed by atoms with Crippen LogP contribution in [0, 0.1) is 5.92 Å². The first kappa shape index (κ1) is 23.7. The third kappa shape index (κ3) is 6.08. The van der Waals surface area contributed by atoms with Crippen molar-refractivity contribution in [3.63, 3.8) is 0 Å². The van der Waals surface area contributed by atoms with Gasteiger partial charge in [-0.2, -0.15) is 9.61 Å². The van der Waals surface area contributed by atoms with Crippen molar-refractivity contribution in [2.75, 3.05) is 36.6 Å². The zero-order chi connectivity index (χ0) is 22.6. The van der Waals surface area contributed by atoms with Crippen LogP contribution in [0.3, 0.4) is 0 Å². The van der Waals surface area contributed by atoms with Crippen molar-refractivity contribution >= 4 is 39.3 Å². The molecule has 2 aromatic rings. The minimum absolute atomic E-state index is 0.0169. The molecule has 31 heavy (non-hydrogen) atoms. The van der Waals surface area contributed by atoms with Crippen LogP contribution in [0.15, 0.2) is 16.7 Å². The zero-order valence-electron chi connectivity index (χ0n) is 18.6. The summed E-state index contributed by atoms with van der Waals surface area (Å²) in [5, 5.41) is 17.3. The highest BCUT2D eigenvalue weighted by atomic mass is 79.9. The van der Waals surface area contributed by atoms with Crippen LogP contribution in [0.2, 0.25) is 0 Å². The molecule has 3 rings (SSSR count). The van der Waals surface area contributed by atoms with Crippen molar-refractivity contribution in [3.05, 3.63) is 16.7 Å². The molecule has 0 unspecified atom stereocenters. The predicted octanol–water partition coefficient (Wildman–Crippen LogP) is 3.84. The lowest BCUT2D eigenvalue weighted by Crippen LogP contribution is -2.42. The van der Waals surface area contributed by atoms with Gasteiger partial charge in [0.2, 0.25) is 0 Å². The summed E-state index contributed by atoms with van der Waals surface area (Å²) in [5.41, 5.74) is -0.0547. The summed E-state index contributed by atoms with van der Waals surface area (Å²) in [7, 11) is 0. The fraction of sp³-hybridized carbons (Fsp3) is 0.667. The fourth-order valence-electron chi connectivity index (χ4n) is 3.44. The van der Waals surface area contributed by atoms with Gasteiger partial charge in [-0.1, -0.05) is 6.92 Å². The molecule has 2 N–H and O–H groups in total. The molecule has 0 saturated carbocycles. The van der Waals surface area contributed by atoms with Gasteiger partial charge in [-0.15, -0.1) is 0 Å². The number of nitrogens with zero attached hydrogens (tertiary/aromatic N) is 4. The van der Waals surface area contributed by atoms with E-state index in [0.717, 1.165) is 19.3 Å². The van der Waals surface area contributed by atoms with Crippen molar-refractivity contribution in [1.82, 2.24) is 14.6 Å². The number of aliphatic hydroxyl groups is 1. The molecular formula is C21H32BrN5O4. The number of aliphatic hydroxyl groups excluding tert-OH is 1. The van der Waals surface area contributed by atoms with E-state index < -0.39 is 11.7 Å². The first-order valence-corrected chi connectivity index (χ1v) is 11.5. The summed E-state index contributed by atoms with van der Waals surface area (Å²) in [5.74, 6) is 1.41. The Hall–Kier alpha value is -1.91. The van der Waals surface area contributed by atoms with E-state index >= 15 is 0 Å². The summed E-state index contributed by atoms with van der Waals surface area (Å²) in [4.78, 5) is 19.5. The fourth-order valence-corrected chi connectivity index (χ4v) is 3.79. The quantitative estimate of drug-likeness (QED) is 0.598. The third-order valence-electron chi connectivity index (χ3n) is 5.15. The molecule has 0 aliphatic carbocycles. The second-order valence-corrected chi connectivity index (χ2v) is 9.66. The molecule has 1 fully saturated rings. The van der Waals surface area contributed by atoms with Crippen LogP contribution in [-0.4, -0.2) is 63.8 Å². The Morgan fingerprint density at radius 1 is 1.45 bits per heavy atom. The van der Waals surface area contributed by atoms with Gasteiger partial charge in [0.25, 0.3) is 0 Å². The maximum atomic E-state index is 13.3. The van der Waals surface area contributed by atoms with Gasteiger partial charge in [-0.3, -0.25) is 4.90 Å². The number of hydrogen-bond acceptors (Lipinski definition) is 7. The van der Waals surface area contributed by atoms with Crippen LogP contribution in [-0.2, 0) is 9.47 Å². The van der Waals surface area contributed by atoms with Gasteiger partial charge < -0.3 is 19.9 Å². The van der Waals surface area contributed by atoms with E-state index in [0.29, 0.717) is 47.4 Å². The van der Waals surface area contributed by atoms with Gasteiger partial charge in [0.1, 0.15) is 17.2 Å². The standard InChI is InChI=1S/C21H32BrN5O4/c1-5-15(13-28)24-17-10-18(27-19(25-17)16(22)11-23-27)26(20(29)31-21(2,3)4)12-14-6-8-30-9-7-14/h10-11,14-15,28H,5-9,12-13H2,1-4H3,(H,24,25)/t15-/m1/s1. The minimum Gasteiger partial charge on any atom is -0.443 e. The van der Waals surface area contributed by atoms with E-state index in [2.05, 4.69) is 31.3 Å². The molecule has 0 bridgehead atoms. The molecule has 172 valence electrons. The van der Waals surface area contributed by atoms with Gasteiger partial charge in [-0.05, 0) is 61.9 Å². The molecule has 0 spiro atoms. The monoisotopic (exact) mass is 497 g/mol. The molecule has 1 atom stereocenters. The molecule has 1 aliphatic heterocycles. The van der Waals surface area contributed by atoms with Gasteiger partial charge >= 0.3 is 6.09 Å². The van der Waals surface area contributed by atoms with Crippen LogP contribution in [0.25, 0.3) is 5.65 Å². The molecule has 1 saturated heterocycles. The second-order valence-electron chi connectivity index (χ2n) is 8.81. The predicted molar refractivity (Wildman–Crippen MR) is 123 cm³/mol. The molecule has 1 aliphatic rings. The van der Waals surface area contributed by atoms with Crippen molar-refractivity contribution in [2.45, 2.75) is 58.6 Å². The number of hydrogen-bond donors (Lipinski definition) is 2. The Morgan fingerprint density at radius 3 is 2.77 bits per heavy atom. The number of anilines is 2. The molecule has 3 heterocycles. The van der Waals surface area contributed by atoms with Gasteiger partial charge in [-0.25, -0.2) is 9.78 Å². The highest BCUT2D eigenvalue weighted by Crippen LogP contribution is 2.28. The number of rotatable bonds is 7. The second kappa shape index (κ2) is 10.1. The molecular weight excluding hydrogens is 466 g/mol. The minimum atomic E-state index is -0.632. The number of amides is 1. The van der Waals surface area contributed by atoms with E-state index in [-0.39, 0.29) is 12.6 Å². The topological polar surface area (TPSA) is 101 Å². The average Bonchev–Trinajstić information content (AvgIpc) is 3.10. The van der Waals surface area contributed by atoms with Gasteiger partial charge in [0.15, 0.2) is 5.65 Å². The number of carbonyl (C=O) groups is 1. The number of fused-ring (bicyclic) bond motifs is 1. The highest BCUT2D eigenvalue weighted by Gasteiger charge is 2.29. The first-order valence-electron chi connectivity index (χ1n) is 10.7. The number of aromatic nitrogens is 3. The number of carbonyl (C=O) groups excluding carboxylic acids is 1. The summed E-state index contributed by atoms with van der Waals surface area (Å²) < 4.78 is 13.6. The van der Waals surface area contributed by atoms with Crippen LogP contribution in [0.1, 0.15) is 47.0 Å². The zero-order valence-corrected chi connectivity index (χ0v) is 20.2. The van der Waals surface area contributed by atoms with Crippen LogP contribution in [0.5, 0.6) is 0 Å². The van der Waals surface area contributed by atoms with E-state index in [1.807, 2.05) is 27.7 Å². The maximum absolute atomic E-state index is 13.3. The van der Waals surface area contributed by atoms with E-state index in [4.69, 9.17) is 9.47 Å². The van der Waals surface area contributed by atoms with Crippen molar-refractivity contribution < 1.29 is 19.4 Å². The normalized spacial score (nSPS) is 16.3. The van der Waals surface area contributed by atoms with Crippen LogP contribution in [0.4, 0.5) is 16.4 Å². The maximum Gasteiger partial charge on any atom is 0.416 e. The van der Waals surface area contributed by atoms with Crippen molar-refractivity contribution in [2.24, 2.45) is 5.92 Å². The molecule has 2 aromatic heterocycles. The molecule has 0 radical (unpaired) electrons. The lowest BCUT2D eigenvalue weighted by molar-refractivity contribution is 0.0512. The van der Waals surface area contributed by atoms with Crippen molar-refractivity contribution in [1.29, 1.82) is 0 Å². The summed E-state index contributed by atoms with van der Waals surface area (Å²) >= 11 is 3.49. The lowest BCUT2D eigenvalue weighted by Gasteiger charge is -2.32. The van der Waals surface area contributed by atoms with Crippen LogP contribution >= 0.6 is 15.9 Å². The van der Waals surface area contributed by atoms with Crippen LogP contribution < -0.4 is 10.2 Å². The lowest BCUT2D eigenvalue weighted by atomic mass is 10.00. The highest BCUT2D eigenvalue weighted by molar-refractivity contribution is 9.10. The molecule has 9 nitrogen and oxygen atoms in total. The Bertz CT molecular complexity index is 888. The summed E-state index contributed by atoms with van der Waals surface area (Å²) in [6.45, 7) is 9.39. The molecule has 10 heteroatoms. The Kier molecular flexibility index (Phi) is 7.77. The smallest absolute Gasteiger partial charge is 0.416 e. The Morgan fingerprint density at radius 2 is 2.16 bits per heavy atom. The SMILES string of the molecule is CC[C@H](CO)Nc1cc(N(CC2CCOCC2)C(=O)OC(C)(C)C)n2ncc(Br)c2n1. The molecule has 1 amide bonds. The Balaban J connectivity index is 2.04. The van der Waals surface area contributed by atoms with E-state index in [9.17, 15) is 9.90 Å². The van der Waals surface area contributed by atoms with Gasteiger partial charge in [0, 0.05) is 25.8 Å². The number of ether oxygens (including phenoxy) is 2. The first-order chi connectivity index (χ1) is 14.7. The van der Waals surface area contributed by atoms with E-state index in [1.54, 1.807) is 21.7 Å². The number of halogens is 1. The largest absolute Gasteiger partial charge is 0.443 e. The molecule has 0 aromatic carbocycles. The van der Waals surface area contributed by atoms with Crippen molar-refractivity contribution in [3.8, 4) is 0 Å². The Labute approximate surface area is 191 Å². The number of nitrogens with one attached hydrogen (secondary N) is 1.